The van der Waals surface area contributed by atoms with Crippen LogP contribution in [-0.2, 0) is 9.59 Å². The zero-order valence-electron chi connectivity index (χ0n) is 17.3. The number of nitrogens with zero attached hydrogens (tertiary/aromatic N) is 2. The molecule has 0 spiro atoms. The van der Waals surface area contributed by atoms with Gasteiger partial charge in [-0.2, -0.15) is 0 Å². The van der Waals surface area contributed by atoms with Crippen molar-refractivity contribution in [3.05, 3.63) is 48.0 Å². The van der Waals surface area contributed by atoms with E-state index in [1.165, 1.54) is 16.7 Å². The lowest BCUT2D eigenvalue weighted by molar-refractivity contribution is -0.120. The number of hydrogen-bond acceptors (Lipinski definition) is 5. The molecule has 8 heteroatoms. The predicted octanol–water partition coefficient (Wildman–Crippen LogP) is 3.97. The fourth-order valence-electron chi connectivity index (χ4n) is 3.25. The van der Waals surface area contributed by atoms with Crippen LogP contribution in [0.3, 0.4) is 0 Å². The molecule has 1 aliphatic rings. The van der Waals surface area contributed by atoms with Crippen LogP contribution in [0.5, 0.6) is 0 Å². The van der Waals surface area contributed by atoms with Crippen LogP contribution in [-0.4, -0.2) is 54.3 Å². The fraction of sp³-hybridized carbons (Fsp3) is 0.318. The number of hydrogen-bond donors (Lipinski definition) is 1. The van der Waals surface area contributed by atoms with Gasteiger partial charge in [-0.25, -0.2) is 0 Å². The predicted molar refractivity (Wildman–Crippen MR) is 124 cm³/mol. The van der Waals surface area contributed by atoms with Crippen LogP contribution in [0, 0.1) is 0 Å². The molecule has 0 saturated heterocycles. The molecule has 1 N–H and O–H groups in total. The number of fused-ring (bicyclic) bond motifs is 1. The van der Waals surface area contributed by atoms with E-state index in [1.54, 1.807) is 28.8 Å². The standard InChI is InChI=1S/C22H25N3O3S2/c1-4-24(5-2)22(28)15-9-10-19-18(11-15)25(21(27)14-30-19)13-20(26)23-16-7-6-8-17(12-16)29-3/h6-12H,4-5,13-14H2,1-3H3,(H,23,26). The summed E-state index contributed by atoms with van der Waals surface area (Å²) in [5.74, 6) is -0.233. The first kappa shape index (κ1) is 22.2. The Labute approximate surface area is 185 Å². The van der Waals surface area contributed by atoms with Crippen molar-refractivity contribution in [3.63, 3.8) is 0 Å². The van der Waals surface area contributed by atoms with Gasteiger partial charge in [0.05, 0.1) is 11.4 Å². The molecule has 3 amide bonds. The van der Waals surface area contributed by atoms with Gasteiger partial charge in [-0.3, -0.25) is 14.4 Å². The van der Waals surface area contributed by atoms with E-state index in [1.807, 2.05) is 50.4 Å². The monoisotopic (exact) mass is 443 g/mol. The Balaban J connectivity index is 1.82. The van der Waals surface area contributed by atoms with Crippen molar-refractivity contribution in [2.45, 2.75) is 23.6 Å². The van der Waals surface area contributed by atoms with Gasteiger partial charge in [0, 0.05) is 34.1 Å². The molecule has 0 unspecified atom stereocenters. The van der Waals surface area contributed by atoms with Crippen LogP contribution in [0.15, 0.2) is 52.3 Å². The van der Waals surface area contributed by atoms with E-state index in [4.69, 9.17) is 0 Å². The van der Waals surface area contributed by atoms with E-state index in [-0.39, 0.29) is 30.0 Å². The van der Waals surface area contributed by atoms with Gasteiger partial charge in [0.25, 0.3) is 5.91 Å². The van der Waals surface area contributed by atoms with E-state index >= 15 is 0 Å². The van der Waals surface area contributed by atoms with E-state index in [0.29, 0.717) is 30.0 Å². The Bertz CT molecular complexity index is 960. The summed E-state index contributed by atoms with van der Waals surface area (Å²) in [5.41, 5.74) is 1.82. The molecular formula is C22H25N3O3S2. The maximum atomic E-state index is 12.7. The Morgan fingerprint density at radius 3 is 2.63 bits per heavy atom. The molecule has 1 heterocycles. The highest BCUT2D eigenvalue weighted by Gasteiger charge is 2.28. The Morgan fingerprint density at radius 1 is 1.17 bits per heavy atom. The molecule has 1 aliphatic heterocycles. The van der Waals surface area contributed by atoms with Crippen molar-refractivity contribution in [3.8, 4) is 0 Å². The smallest absolute Gasteiger partial charge is 0.253 e. The van der Waals surface area contributed by atoms with Gasteiger partial charge in [0.1, 0.15) is 6.54 Å². The lowest BCUT2D eigenvalue weighted by Gasteiger charge is -2.29. The summed E-state index contributed by atoms with van der Waals surface area (Å²) in [6, 6.07) is 12.9. The molecule has 2 aromatic rings. The lowest BCUT2D eigenvalue weighted by atomic mass is 10.1. The number of rotatable bonds is 7. The normalized spacial score (nSPS) is 13.0. The number of anilines is 2. The summed E-state index contributed by atoms with van der Waals surface area (Å²) in [7, 11) is 0. The minimum Gasteiger partial charge on any atom is -0.339 e. The van der Waals surface area contributed by atoms with Gasteiger partial charge < -0.3 is 15.1 Å². The molecular weight excluding hydrogens is 418 g/mol. The highest BCUT2D eigenvalue weighted by molar-refractivity contribution is 8.00. The van der Waals surface area contributed by atoms with Crippen LogP contribution in [0.25, 0.3) is 0 Å². The van der Waals surface area contributed by atoms with Crippen molar-refractivity contribution in [1.29, 1.82) is 0 Å². The average Bonchev–Trinajstić information content (AvgIpc) is 2.76. The summed E-state index contributed by atoms with van der Waals surface area (Å²) in [4.78, 5) is 43.1. The van der Waals surface area contributed by atoms with Crippen LogP contribution in [0.4, 0.5) is 11.4 Å². The largest absolute Gasteiger partial charge is 0.339 e. The van der Waals surface area contributed by atoms with Gasteiger partial charge in [0.2, 0.25) is 11.8 Å². The Kier molecular flexibility index (Phi) is 7.44. The number of carbonyl (C=O) groups excluding carboxylic acids is 3. The summed E-state index contributed by atoms with van der Waals surface area (Å²) in [6.07, 6.45) is 1.97. The second-order valence-electron chi connectivity index (χ2n) is 6.71. The zero-order chi connectivity index (χ0) is 21.7. The summed E-state index contributed by atoms with van der Waals surface area (Å²) in [6.45, 7) is 4.99. The van der Waals surface area contributed by atoms with E-state index in [0.717, 1.165) is 9.79 Å². The van der Waals surface area contributed by atoms with Crippen molar-refractivity contribution < 1.29 is 14.4 Å². The number of benzene rings is 2. The fourth-order valence-corrected chi connectivity index (χ4v) is 4.62. The van der Waals surface area contributed by atoms with Crippen molar-refractivity contribution in [1.82, 2.24) is 4.90 Å². The first-order valence-electron chi connectivity index (χ1n) is 9.77. The highest BCUT2D eigenvalue weighted by Crippen LogP contribution is 2.36. The molecule has 158 valence electrons. The van der Waals surface area contributed by atoms with E-state index < -0.39 is 0 Å². The SMILES string of the molecule is CCN(CC)C(=O)c1ccc2c(c1)N(CC(=O)Nc1cccc(SC)c1)C(=O)CS2. The van der Waals surface area contributed by atoms with Crippen LogP contribution >= 0.6 is 23.5 Å². The van der Waals surface area contributed by atoms with Gasteiger partial charge in [-0.1, -0.05) is 6.07 Å². The summed E-state index contributed by atoms with van der Waals surface area (Å²) >= 11 is 3.02. The second-order valence-corrected chi connectivity index (χ2v) is 8.61. The average molecular weight is 444 g/mol. The molecule has 0 atom stereocenters. The first-order chi connectivity index (χ1) is 14.5. The first-order valence-corrected chi connectivity index (χ1v) is 12.0. The molecule has 30 heavy (non-hydrogen) atoms. The van der Waals surface area contributed by atoms with Crippen molar-refractivity contribution in [2.75, 3.05) is 41.9 Å². The van der Waals surface area contributed by atoms with Gasteiger partial charge >= 0.3 is 0 Å². The molecule has 0 saturated carbocycles. The molecule has 0 aromatic heterocycles. The molecule has 3 rings (SSSR count). The number of thioether (sulfide) groups is 2. The number of carbonyl (C=O) groups is 3. The molecule has 0 fully saturated rings. The molecule has 0 bridgehead atoms. The third-order valence-electron chi connectivity index (χ3n) is 4.85. The molecule has 0 aliphatic carbocycles. The second kappa shape index (κ2) is 10.0. The van der Waals surface area contributed by atoms with Crippen molar-refractivity contribution in [2.24, 2.45) is 0 Å². The van der Waals surface area contributed by atoms with Crippen molar-refractivity contribution >= 4 is 52.6 Å². The minimum absolute atomic E-state index is 0.0795. The summed E-state index contributed by atoms with van der Waals surface area (Å²) in [5, 5.41) is 2.86. The van der Waals surface area contributed by atoms with Crippen LogP contribution < -0.4 is 10.2 Å². The molecule has 2 aromatic carbocycles. The minimum atomic E-state index is -0.278. The highest BCUT2D eigenvalue weighted by atomic mass is 32.2. The van der Waals surface area contributed by atoms with E-state index in [2.05, 4.69) is 5.32 Å². The zero-order valence-corrected chi connectivity index (χ0v) is 18.9. The maximum Gasteiger partial charge on any atom is 0.253 e. The quantitative estimate of drug-likeness (QED) is 0.656. The third-order valence-corrected chi connectivity index (χ3v) is 6.63. The topological polar surface area (TPSA) is 69.7 Å². The summed E-state index contributed by atoms with van der Waals surface area (Å²) < 4.78 is 0. The third kappa shape index (κ3) is 4.99. The Hall–Kier alpha value is -2.45. The number of nitrogens with one attached hydrogen (secondary N) is 1. The molecule has 6 nitrogen and oxygen atoms in total. The van der Waals surface area contributed by atoms with Crippen LogP contribution in [0.1, 0.15) is 24.2 Å². The molecule has 0 radical (unpaired) electrons. The Morgan fingerprint density at radius 2 is 1.93 bits per heavy atom. The van der Waals surface area contributed by atoms with Crippen LogP contribution in [0.2, 0.25) is 0 Å². The van der Waals surface area contributed by atoms with Gasteiger partial charge in [0.15, 0.2) is 0 Å². The van der Waals surface area contributed by atoms with Gasteiger partial charge in [-0.05, 0) is 56.5 Å². The van der Waals surface area contributed by atoms with Gasteiger partial charge in [-0.15, -0.1) is 23.5 Å². The maximum absolute atomic E-state index is 12.7. The number of amides is 3. The van der Waals surface area contributed by atoms with E-state index in [9.17, 15) is 14.4 Å². The lowest BCUT2D eigenvalue weighted by Crippen LogP contribution is -2.41.